The smallest absolute Gasteiger partial charge is 0.266 e. The minimum absolute atomic E-state index is 0.122. The van der Waals surface area contributed by atoms with Crippen molar-refractivity contribution in [3.8, 4) is 16.9 Å². The molecule has 0 aliphatic heterocycles. The van der Waals surface area contributed by atoms with Crippen LogP contribution in [0.3, 0.4) is 0 Å². The number of carbonyl (C=O) groups excluding carboxylic acids is 1. The lowest BCUT2D eigenvalue weighted by atomic mass is 10.0. The number of aryl methyl sites for hydroxylation is 1. The van der Waals surface area contributed by atoms with E-state index in [9.17, 15) is 18.4 Å². The summed E-state index contributed by atoms with van der Waals surface area (Å²) in [5.74, 6) is -1.26. The highest BCUT2D eigenvalue weighted by Gasteiger charge is 2.18. The van der Waals surface area contributed by atoms with Crippen LogP contribution in [0.25, 0.3) is 11.1 Å². The molecule has 0 aliphatic carbocycles. The largest absolute Gasteiger partial charge is 0.487 e. The Morgan fingerprint density at radius 1 is 1.17 bits per heavy atom. The molecule has 0 bridgehead atoms. The number of ether oxygens (including phenoxy) is 1. The summed E-state index contributed by atoms with van der Waals surface area (Å²) in [6.07, 6.45) is 0. The molecule has 3 aromatic rings. The number of benzene rings is 2. The van der Waals surface area contributed by atoms with Crippen molar-refractivity contribution in [3.63, 3.8) is 0 Å². The van der Waals surface area contributed by atoms with Crippen LogP contribution in [0.15, 0.2) is 51.7 Å². The molecule has 0 fully saturated rings. The van der Waals surface area contributed by atoms with Gasteiger partial charge in [-0.2, -0.15) is 0 Å². The highest BCUT2D eigenvalue weighted by Crippen LogP contribution is 2.37. The highest BCUT2D eigenvalue weighted by atomic mass is 79.9. The highest BCUT2D eigenvalue weighted by molar-refractivity contribution is 9.10. The maximum Gasteiger partial charge on any atom is 0.266 e. The molecule has 30 heavy (non-hydrogen) atoms. The van der Waals surface area contributed by atoms with E-state index in [4.69, 9.17) is 4.74 Å². The van der Waals surface area contributed by atoms with E-state index in [1.165, 1.54) is 13.0 Å². The number of hydrogen-bond acceptors (Lipinski definition) is 3. The third-order valence-electron chi connectivity index (χ3n) is 4.47. The Balaban J connectivity index is 1.95. The monoisotopic (exact) mass is 476 g/mol. The molecule has 8 heteroatoms. The van der Waals surface area contributed by atoms with Crippen molar-refractivity contribution in [2.45, 2.75) is 27.0 Å². The molecule has 156 valence electrons. The van der Waals surface area contributed by atoms with E-state index in [2.05, 4.69) is 26.2 Å². The second-order valence-electron chi connectivity index (χ2n) is 6.73. The van der Waals surface area contributed by atoms with Crippen LogP contribution in [0.4, 0.5) is 8.78 Å². The van der Waals surface area contributed by atoms with Crippen LogP contribution in [0.2, 0.25) is 0 Å². The summed E-state index contributed by atoms with van der Waals surface area (Å²) in [7, 11) is 0. The lowest BCUT2D eigenvalue weighted by Crippen LogP contribution is -2.18. The Labute approximate surface area is 180 Å². The van der Waals surface area contributed by atoms with Crippen molar-refractivity contribution < 1.29 is 18.3 Å². The summed E-state index contributed by atoms with van der Waals surface area (Å²) in [5, 5.41) is 2.73. The fraction of sp³-hybridized carbons (Fsp3) is 0.182. The fourth-order valence-corrected chi connectivity index (χ4v) is 3.37. The summed E-state index contributed by atoms with van der Waals surface area (Å²) in [6, 6.07) is 10.6. The van der Waals surface area contributed by atoms with Crippen molar-refractivity contribution in [3.05, 3.63) is 85.7 Å². The van der Waals surface area contributed by atoms with Gasteiger partial charge in [0.2, 0.25) is 5.91 Å². The van der Waals surface area contributed by atoms with Crippen molar-refractivity contribution in [2.75, 3.05) is 0 Å². The Morgan fingerprint density at radius 3 is 2.50 bits per heavy atom. The van der Waals surface area contributed by atoms with E-state index >= 15 is 0 Å². The first-order valence-electron chi connectivity index (χ1n) is 9.09. The first-order chi connectivity index (χ1) is 14.3. The maximum absolute atomic E-state index is 14.0. The molecular formula is C22H19BrF2N2O3. The van der Waals surface area contributed by atoms with E-state index in [0.717, 1.165) is 23.3 Å². The van der Waals surface area contributed by atoms with Gasteiger partial charge in [-0.15, -0.1) is 0 Å². The van der Waals surface area contributed by atoms with Gasteiger partial charge in [0, 0.05) is 36.4 Å². The van der Waals surface area contributed by atoms with Gasteiger partial charge < -0.3 is 15.0 Å². The second kappa shape index (κ2) is 9.21. The van der Waals surface area contributed by atoms with E-state index in [1.807, 2.05) is 24.3 Å². The molecule has 3 rings (SSSR count). The summed E-state index contributed by atoms with van der Waals surface area (Å²) in [6.45, 7) is 3.40. The number of amides is 1. The Bertz CT molecular complexity index is 1140. The molecule has 0 radical (unpaired) electrons. The average molecular weight is 477 g/mol. The second-order valence-corrected chi connectivity index (χ2v) is 7.52. The van der Waals surface area contributed by atoms with E-state index in [-0.39, 0.29) is 33.9 Å². The molecule has 0 saturated carbocycles. The molecule has 2 N–H and O–H groups in total. The molecule has 1 heterocycles. The van der Waals surface area contributed by atoms with Crippen molar-refractivity contribution in [2.24, 2.45) is 0 Å². The predicted molar refractivity (Wildman–Crippen MR) is 113 cm³/mol. The third-order valence-corrected chi connectivity index (χ3v) is 5.19. The third kappa shape index (κ3) is 4.94. The lowest BCUT2D eigenvalue weighted by molar-refractivity contribution is -0.119. The quantitative estimate of drug-likeness (QED) is 0.545. The molecule has 0 atom stereocenters. The van der Waals surface area contributed by atoms with Gasteiger partial charge in [-0.3, -0.25) is 9.59 Å². The fourth-order valence-electron chi connectivity index (χ4n) is 2.96. The maximum atomic E-state index is 14.0. The van der Waals surface area contributed by atoms with Crippen molar-refractivity contribution in [1.82, 2.24) is 10.3 Å². The summed E-state index contributed by atoms with van der Waals surface area (Å²) < 4.78 is 33.1. The Kier molecular flexibility index (Phi) is 6.66. The topological polar surface area (TPSA) is 71.2 Å². The van der Waals surface area contributed by atoms with Gasteiger partial charge in [0.25, 0.3) is 5.56 Å². The average Bonchev–Trinajstić information content (AvgIpc) is 2.69. The lowest BCUT2D eigenvalue weighted by Gasteiger charge is -2.16. The minimum atomic E-state index is -0.725. The number of carbonyl (C=O) groups is 1. The van der Waals surface area contributed by atoms with Gasteiger partial charge in [0.1, 0.15) is 28.5 Å². The number of aromatic nitrogens is 1. The van der Waals surface area contributed by atoms with Crippen molar-refractivity contribution in [1.29, 1.82) is 0 Å². The molecular weight excluding hydrogens is 458 g/mol. The van der Waals surface area contributed by atoms with Crippen LogP contribution in [0.5, 0.6) is 5.75 Å². The van der Waals surface area contributed by atoms with E-state index < -0.39 is 11.6 Å². The van der Waals surface area contributed by atoms with Gasteiger partial charge in [-0.25, -0.2) is 8.78 Å². The standard InChI is InChI=1S/C22H19BrF2N2O3/c1-12-19(15-5-3-14(4-6-15)10-26-13(2)28)21(20(23)22(29)27-12)30-11-16-7-8-17(24)9-18(16)25/h3-9H,10-11H2,1-2H3,(H,26,28)(H,27,29). The van der Waals surface area contributed by atoms with E-state index in [0.29, 0.717) is 17.8 Å². The zero-order chi connectivity index (χ0) is 21.8. The van der Waals surface area contributed by atoms with Crippen LogP contribution in [-0.2, 0) is 17.9 Å². The van der Waals surface area contributed by atoms with Gasteiger partial charge in [-0.05, 0) is 46.1 Å². The Morgan fingerprint density at radius 2 is 1.87 bits per heavy atom. The molecule has 0 unspecified atom stereocenters. The van der Waals surface area contributed by atoms with Crippen LogP contribution < -0.4 is 15.6 Å². The number of pyridine rings is 1. The van der Waals surface area contributed by atoms with Crippen LogP contribution in [-0.4, -0.2) is 10.9 Å². The van der Waals surface area contributed by atoms with Crippen LogP contribution >= 0.6 is 15.9 Å². The molecule has 1 amide bonds. The van der Waals surface area contributed by atoms with Crippen LogP contribution in [0.1, 0.15) is 23.7 Å². The summed E-state index contributed by atoms with van der Waals surface area (Å²) in [4.78, 5) is 26.1. The molecule has 0 spiro atoms. The minimum Gasteiger partial charge on any atom is -0.487 e. The zero-order valence-electron chi connectivity index (χ0n) is 16.3. The molecule has 5 nitrogen and oxygen atoms in total. The Hall–Kier alpha value is -3.00. The number of hydrogen-bond donors (Lipinski definition) is 2. The summed E-state index contributed by atoms with van der Waals surface area (Å²) in [5.41, 5.74) is 2.67. The van der Waals surface area contributed by atoms with Gasteiger partial charge in [-0.1, -0.05) is 24.3 Å². The van der Waals surface area contributed by atoms with Crippen LogP contribution in [0, 0.1) is 18.6 Å². The predicted octanol–water partition coefficient (Wildman–Crippen LogP) is 4.61. The van der Waals surface area contributed by atoms with Gasteiger partial charge in [0.05, 0.1) is 0 Å². The van der Waals surface area contributed by atoms with Crippen molar-refractivity contribution >= 4 is 21.8 Å². The number of aromatic amines is 1. The molecule has 2 aromatic carbocycles. The molecule has 0 saturated heterocycles. The number of halogens is 3. The molecule has 1 aromatic heterocycles. The van der Waals surface area contributed by atoms with Gasteiger partial charge >= 0.3 is 0 Å². The number of nitrogens with one attached hydrogen (secondary N) is 2. The number of H-pyrrole nitrogens is 1. The van der Waals surface area contributed by atoms with Gasteiger partial charge in [0.15, 0.2) is 0 Å². The summed E-state index contributed by atoms with van der Waals surface area (Å²) >= 11 is 3.25. The van der Waals surface area contributed by atoms with E-state index in [1.54, 1.807) is 6.92 Å². The first-order valence-corrected chi connectivity index (χ1v) is 9.88. The normalized spacial score (nSPS) is 10.7. The zero-order valence-corrected chi connectivity index (χ0v) is 17.9. The number of rotatable bonds is 6. The first kappa shape index (κ1) is 21.7. The molecule has 0 aliphatic rings. The SMILES string of the molecule is CC(=O)NCc1ccc(-c2c(C)[nH]c(=O)c(Br)c2OCc2ccc(F)cc2F)cc1.